The summed E-state index contributed by atoms with van der Waals surface area (Å²) in [7, 11) is 0. The third-order valence-electron chi connectivity index (χ3n) is 6.02. The number of anilines is 2. The summed E-state index contributed by atoms with van der Waals surface area (Å²) in [6.45, 7) is 6.44. The molecule has 4 aromatic rings. The Labute approximate surface area is 190 Å². The van der Waals surface area contributed by atoms with E-state index >= 15 is 0 Å². The molecule has 5 rings (SSSR count). The van der Waals surface area contributed by atoms with Crippen LogP contribution in [-0.2, 0) is 6.54 Å². The number of nitrogens with zero attached hydrogens (tertiary/aromatic N) is 6. The Bertz CT molecular complexity index is 1340. The second-order valence-electron chi connectivity index (χ2n) is 8.46. The predicted molar refractivity (Wildman–Crippen MR) is 122 cm³/mol. The highest BCUT2D eigenvalue weighted by molar-refractivity contribution is 5.78. The number of carbonyl (C=O) groups is 1. The fourth-order valence-electron chi connectivity index (χ4n) is 3.97. The van der Waals surface area contributed by atoms with Gasteiger partial charge in [0.15, 0.2) is 12.1 Å². The first-order chi connectivity index (χ1) is 15.9. The minimum atomic E-state index is -0.275. The topological polar surface area (TPSA) is 90.5 Å². The molecule has 168 valence electrons. The highest BCUT2D eigenvalue weighted by atomic mass is 19.1. The van der Waals surface area contributed by atoms with E-state index in [1.807, 2.05) is 18.5 Å². The van der Waals surface area contributed by atoms with Gasteiger partial charge in [-0.3, -0.25) is 4.79 Å². The molecule has 0 aliphatic heterocycles. The van der Waals surface area contributed by atoms with E-state index in [1.54, 1.807) is 29.8 Å². The molecule has 1 fully saturated rings. The van der Waals surface area contributed by atoms with Crippen LogP contribution >= 0.6 is 0 Å². The van der Waals surface area contributed by atoms with Crippen molar-refractivity contribution in [2.75, 3.05) is 5.32 Å². The van der Waals surface area contributed by atoms with Crippen molar-refractivity contribution in [2.45, 2.75) is 40.2 Å². The zero-order valence-corrected chi connectivity index (χ0v) is 18.7. The number of rotatable bonds is 7. The summed E-state index contributed by atoms with van der Waals surface area (Å²) in [5.74, 6) is 2.33. The monoisotopic (exact) mass is 445 g/mol. The summed E-state index contributed by atoms with van der Waals surface area (Å²) >= 11 is 0. The minimum Gasteiger partial charge on any atom is -0.325 e. The molecule has 1 aliphatic carbocycles. The number of carbonyl (C=O) groups excluding carboxylic acids is 1. The second-order valence-corrected chi connectivity index (χ2v) is 8.46. The quantitative estimate of drug-likeness (QED) is 0.420. The molecule has 0 amide bonds. The van der Waals surface area contributed by atoms with Crippen molar-refractivity contribution >= 4 is 17.9 Å². The van der Waals surface area contributed by atoms with Crippen molar-refractivity contribution in [3.05, 3.63) is 65.0 Å². The summed E-state index contributed by atoms with van der Waals surface area (Å²) in [6, 6.07) is 8.17. The van der Waals surface area contributed by atoms with Gasteiger partial charge in [0.1, 0.15) is 23.8 Å². The van der Waals surface area contributed by atoms with Crippen molar-refractivity contribution in [3.8, 4) is 17.1 Å². The van der Waals surface area contributed by atoms with Crippen LogP contribution in [0.5, 0.6) is 0 Å². The Morgan fingerprint density at radius 2 is 1.88 bits per heavy atom. The molecule has 0 saturated heterocycles. The zero-order valence-electron chi connectivity index (χ0n) is 18.7. The lowest BCUT2D eigenvalue weighted by Gasteiger charge is -2.11. The first kappa shape index (κ1) is 21.0. The highest BCUT2D eigenvalue weighted by Crippen LogP contribution is 2.35. The van der Waals surface area contributed by atoms with E-state index in [2.05, 4.69) is 20.4 Å². The van der Waals surface area contributed by atoms with Gasteiger partial charge < -0.3 is 5.32 Å². The Balaban J connectivity index is 1.52. The van der Waals surface area contributed by atoms with Gasteiger partial charge in [-0.1, -0.05) is 0 Å². The van der Waals surface area contributed by atoms with Gasteiger partial charge in [0.25, 0.3) is 0 Å². The number of halogens is 1. The van der Waals surface area contributed by atoms with Gasteiger partial charge in [-0.2, -0.15) is 10.2 Å². The third-order valence-corrected chi connectivity index (χ3v) is 6.02. The fraction of sp³-hybridized carbons (Fsp3) is 0.292. The number of aryl methyl sites for hydroxylation is 1. The number of benzene rings is 1. The van der Waals surface area contributed by atoms with Gasteiger partial charge in [0.2, 0.25) is 0 Å². The van der Waals surface area contributed by atoms with E-state index in [1.165, 1.54) is 31.3 Å². The number of nitrogens with one attached hydrogen (secondary N) is 1. The molecule has 3 aromatic heterocycles. The lowest BCUT2D eigenvalue weighted by Crippen LogP contribution is -2.09. The van der Waals surface area contributed by atoms with Crippen molar-refractivity contribution in [3.63, 3.8) is 0 Å². The third kappa shape index (κ3) is 4.02. The van der Waals surface area contributed by atoms with Gasteiger partial charge in [0, 0.05) is 23.7 Å². The van der Waals surface area contributed by atoms with Crippen LogP contribution in [0.15, 0.2) is 36.7 Å². The molecule has 1 saturated carbocycles. The molecule has 8 nitrogen and oxygen atoms in total. The van der Waals surface area contributed by atoms with E-state index in [-0.39, 0.29) is 5.82 Å². The summed E-state index contributed by atoms with van der Waals surface area (Å²) in [5, 5.41) is 12.7. The van der Waals surface area contributed by atoms with Gasteiger partial charge in [-0.05, 0) is 63.8 Å². The average Bonchev–Trinajstić information content (AvgIpc) is 3.52. The summed E-state index contributed by atoms with van der Waals surface area (Å²) in [5.41, 5.74) is 4.56. The summed E-state index contributed by atoms with van der Waals surface area (Å²) in [4.78, 5) is 20.1. The van der Waals surface area contributed by atoms with E-state index in [9.17, 15) is 9.18 Å². The van der Waals surface area contributed by atoms with Crippen LogP contribution in [0.4, 0.5) is 16.0 Å². The molecule has 1 aliphatic rings. The van der Waals surface area contributed by atoms with Crippen LogP contribution in [-0.4, -0.2) is 35.8 Å². The number of aldehydes is 1. The van der Waals surface area contributed by atoms with Crippen LogP contribution in [0.3, 0.4) is 0 Å². The number of hydrogen-bond donors (Lipinski definition) is 1. The normalized spacial score (nSPS) is 13.3. The van der Waals surface area contributed by atoms with E-state index in [0.717, 1.165) is 41.2 Å². The molecule has 9 heteroatoms. The molecular weight excluding hydrogens is 421 g/mol. The number of hydrogen-bond acceptors (Lipinski definition) is 6. The Morgan fingerprint density at radius 3 is 2.55 bits per heavy atom. The van der Waals surface area contributed by atoms with E-state index < -0.39 is 0 Å². The predicted octanol–water partition coefficient (Wildman–Crippen LogP) is 4.56. The van der Waals surface area contributed by atoms with Gasteiger partial charge >= 0.3 is 0 Å². The molecular formula is C24H24FN7O. The molecule has 0 unspecified atom stereocenters. The smallest absolute Gasteiger partial charge is 0.159 e. The first-order valence-electron chi connectivity index (χ1n) is 10.9. The van der Waals surface area contributed by atoms with Crippen LogP contribution in [0.25, 0.3) is 17.1 Å². The molecule has 33 heavy (non-hydrogen) atoms. The lowest BCUT2D eigenvalue weighted by atomic mass is 10.1. The Hall–Kier alpha value is -3.88. The molecule has 0 bridgehead atoms. The maximum atomic E-state index is 13.4. The maximum absolute atomic E-state index is 13.4. The highest BCUT2D eigenvalue weighted by Gasteiger charge is 2.26. The van der Waals surface area contributed by atoms with E-state index in [4.69, 9.17) is 5.10 Å². The fourth-order valence-corrected chi connectivity index (χ4v) is 3.97. The molecule has 0 radical (unpaired) electrons. The molecule has 1 N–H and O–H groups in total. The molecule has 0 spiro atoms. The first-order valence-corrected chi connectivity index (χ1v) is 10.9. The largest absolute Gasteiger partial charge is 0.325 e. The van der Waals surface area contributed by atoms with Crippen molar-refractivity contribution in [2.24, 2.45) is 5.92 Å². The Kier molecular flexibility index (Phi) is 5.24. The zero-order chi connectivity index (χ0) is 23.1. The summed E-state index contributed by atoms with van der Waals surface area (Å²) in [6.07, 6.45) is 4.66. The standard InChI is InChI=1S/C24H24FN7O/c1-14-23(18-6-8-19(25)9-7-18)30-31(11-17-4-5-17)24(14)28-21-10-22(27-13-26-21)32-16(3)20(12-33)15(2)29-32/h6-10,12-13,17H,4-5,11H2,1-3H3,(H,26,27,28). The molecule has 1 aromatic carbocycles. The molecule has 3 heterocycles. The average molecular weight is 446 g/mol. The summed E-state index contributed by atoms with van der Waals surface area (Å²) < 4.78 is 17.0. The van der Waals surface area contributed by atoms with Crippen LogP contribution < -0.4 is 5.32 Å². The maximum Gasteiger partial charge on any atom is 0.159 e. The lowest BCUT2D eigenvalue weighted by molar-refractivity contribution is 0.112. The SMILES string of the molecule is Cc1nn(-c2cc(Nc3c(C)c(-c4ccc(F)cc4)nn3CC3CC3)ncn2)c(C)c1C=O. The Morgan fingerprint density at radius 1 is 1.12 bits per heavy atom. The molecule has 0 atom stereocenters. The van der Waals surface area contributed by atoms with Crippen LogP contribution in [0.1, 0.15) is 40.2 Å². The van der Waals surface area contributed by atoms with Crippen LogP contribution in [0.2, 0.25) is 0 Å². The minimum absolute atomic E-state index is 0.275. The van der Waals surface area contributed by atoms with Crippen LogP contribution in [0, 0.1) is 32.5 Å². The van der Waals surface area contributed by atoms with Crippen molar-refractivity contribution in [1.82, 2.24) is 29.5 Å². The number of aromatic nitrogens is 6. The second kappa shape index (κ2) is 8.23. The van der Waals surface area contributed by atoms with Crippen molar-refractivity contribution < 1.29 is 9.18 Å². The van der Waals surface area contributed by atoms with E-state index in [0.29, 0.717) is 28.8 Å². The van der Waals surface area contributed by atoms with Gasteiger partial charge in [-0.15, -0.1) is 0 Å². The van der Waals surface area contributed by atoms with Gasteiger partial charge in [-0.25, -0.2) is 23.7 Å². The van der Waals surface area contributed by atoms with Crippen molar-refractivity contribution in [1.29, 1.82) is 0 Å². The van der Waals surface area contributed by atoms with Gasteiger partial charge in [0.05, 0.1) is 22.6 Å².